The third-order valence-corrected chi connectivity index (χ3v) is 3.72. The highest BCUT2D eigenvalue weighted by atomic mass is 79.9. The second-order valence-corrected chi connectivity index (χ2v) is 5.54. The van der Waals surface area contributed by atoms with Crippen molar-refractivity contribution in [3.63, 3.8) is 0 Å². The molecule has 5 nitrogen and oxygen atoms in total. The summed E-state index contributed by atoms with van der Waals surface area (Å²) in [5.74, 6) is 0.153. The Hall–Kier alpha value is -2.17. The number of anilines is 1. The van der Waals surface area contributed by atoms with Gasteiger partial charge in [0.2, 0.25) is 4.73 Å². The van der Waals surface area contributed by atoms with Crippen LogP contribution < -0.4 is 11.1 Å². The van der Waals surface area contributed by atoms with Crippen molar-refractivity contribution in [3.05, 3.63) is 40.0 Å². The third-order valence-electron chi connectivity index (χ3n) is 3.36. The minimum Gasteiger partial charge on any atom is -0.366 e. The van der Waals surface area contributed by atoms with Gasteiger partial charge in [-0.25, -0.2) is 14.4 Å². The van der Waals surface area contributed by atoms with Crippen molar-refractivity contribution in [1.29, 1.82) is 0 Å². The maximum absolute atomic E-state index is 14.5. The van der Waals surface area contributed by atoms with E-state index >= 15 is 0 Å². The van der Waals surface area contributed by atoms with E-state index in [9.17, 15) is 4.39 Å². The van der Waals surface area contributed by atoms with Crippen LogP contribution in [-0.4, -0.2) is 28.0 Å². The van der Waals surface area contributed by atoms with E-state index in [1.54, 1.807) is 0 Å². The molecule has 0 saturated carbocycles. The van der Waals surface area contributed by atoms with Gasteiger partial charge in [0.1, 0.15) is 11.5 Å². The van der Waals surface area contributed by atoms with Gasteiger partial charge in [-0.15, -0.1) is 12.8 Å². The van der Waals surface area contributed by atoms with Gasteiger partial charge in [0.05, 0.1) is 11.1 Å². The van der Waals surface area contributed by atoms with Gasteiger partial charge in [0, 0.05) is 13.0 Å². The van der Waals surface area contributed by atoms with E-state index in [4.69, 9.17) is 5.73 Å². The summed E-state index contributed by atoms with van der Waals surface area (Å²) in [6.07, 6.45) is 15.5. The van der Waals surface area contributed by atoms with Crippen molar-refractivity contribution in [1.82, 2.24) is 15.0 Å². The average molecular weight is 378 g/mol. The number of allylic oxidation sites excluding steroid dienone is 3. The zero-order valence-corrected chi connectivity index (χ0v) is 14.0. The Morgan fingerprint density at radius 1 is 1.39 bits per heavy atom. The highest BCUT2D eigenvalue weighted by Gasteiger charge is 2.18. The number of halogens is 2. The van der Waals surface area contributed by atoms with Crippen molar-refractivity contribution >= 4 is 32.8 Å². The maximum Gasteiger partial charge on any atom is 0.200 e. The lowest BCUT2D eigenvalue weighted by molar-refractivity contribution is 0.618. The largest absolute Gasteiger partial charge is 0.366 e. The Bertz CT molecular complexity index is 776. The smallest absolute Gasteiger partial charge is 0.200 e. The summed E-state index contributed by atoms with van der Waals surface area (Å²) in [4.78, 5) is 11.4. The van der Waals surface area contributed by atoms with Gasteiger partial charge in [-0.2, -0.15) is 0 Å². The lowest BCUT2D eigenvalue weighted by Gasteiger charge is -2.07. The molecule has 0 spiro atoms. The molecule has 120 valence electrons. The Morgan fingerprint density at radius 2 is 2.17 bits per heavy atom. The fourth-order valence-electron chi connectivity index (χ4n) is 2.34. The molecule has 0 aromatic carbocycles. The summed E-state index contributed by atoms with van der Waals surface area (Å²) >= 11 is 3.25. The molecule has 0 amide bonds. The molecular weight excluding hydrogens is 361 g/mol. The maximum atomic E-state index is 14.5. The number of rotatable bonds is 5. The number of nitrogens with one attached hydrogen (secondary N) is 2. The molecule has 0 aliphatic heterocycles. The molecule has 0 unspecified atom stereocenters. The summed E-state index contributed by atoms with van der Waals surface area (Å²) < 4.78 is 14.9. The van der Waals surface area contributed by atoms with Gasteiger partial charge in [-0.3, -0.25) is 0 Å². The predicted molar refractivity (Wildman–Crippen MR) is 94.5 cm³/mol. The van der Waals surface area contributed by atoms with Crippen molar-refractivity contribution in [2.45, 2.75) is 12.8 Å². The highest BCUT2D eigenvalue weighted by Crippen LogP contribution is 2.28. The Morgan fingerprint density at radius 3 is 2.83 bits per heavy atom. The minimum atomic E-state index is -0.330. The summed E-state index contributed by atoms with van der Waals surface area (Å²) in [7, 11) is 0. The molecule has 0 bridgehead atoms. The Balaban J connectivity index is 0.000000924. The lowest BCUT2D eigenvalue weighted by atomic mass is 10.2. The van der Waals surface area contributed by atoms with E-state index in [1.807, 2.05) is 12.2 Å². The topological polar surface area (TPSA) is 79.6 Å². The summed E-state index contributed by atoms with van der Waals surface area (Å²) in [5, 5.41) is 3.57. The standard InChI is InChI=1S/C14H15BrFN5.C2H2/c15-14-20-12(18-7-8-3-1-2-4-8)10-11(16)9(5-6-17)19-13(10)21-14;1-2/h1-3H,4-7,17H2,(H2,18,19,20,21);1-2H. The van der Waals surface area contributed by atoms with Crippen molar-refractivity contribution in [3.8, 4) is 12.8 Å². The molecule has 7 heteroatoms. The van der Waals surface area contributed by atoms with Crippen molar-refractivity contribution < 1.29 is 4.39 Å². The first-order valence-electron chi connectivity index (χ1n) is 7.04. The molecule has 2 aromatic rings. The highest BCUT2D eigenvalue weighted by molar-refractivity contribution is 9.10. The normalized spacial score (nSPS) is 12.8. The van der Waals surface area contributed by atoms with Crippen LogP contribution >= 0.6 is 15.9 Å². The summed E-state index contributed by atoms with van der Waals surface area (Å²) in [6.45, 7) is 1.00. The summed E-state index contributed by atoms with van der Waals surface area (Å²) in [6, 6.07) is 0. The van der Waals surface area contributed by atoms with Crippen LogP contribution in [0, 0.1) is 18.7 Å². The van der Waals surface area contributed by atoms with E-state index in [1.165, 1.54) is 5.57 Å². The van der Waals surface area contributed by atoms with Crippen LogP contribution in [0.5, 0.6) is 0 Å². The van der Waals surface area contributed by atoms with Crippen molar-refractivity contribution in [2.24, 2.45) is 5.73 Å². The van der Waals surface area contributed by atoms with Crippen LogP contribution in [0.15, 0.2) is 28.5 Å². The molecule has 2 aromatic heterocycles. The molecule has 1 aliphatic carbocycles. The van der Waals surface area contributed by atoms with Gasteiger partial charge in [-0.05, 0) is 34.5 Å². The van der Waals surface area contributed by atoms with Crippen LogP contribution in [0.2, 0.25) is 0 Å². The second kappa shape index (κ2) is 7.90. The zero-order chi connectivity index (χ0) is 16.8. The predicted octanol–water partition coefficient (Wildman–Crippen LogP) is 2.91. The van der Waals surface area contributed by atoms with Crippen LogP contribution in [0.25, 0.3) is 11.0 Å². The Kier molecular flexibility index (Phi) is 5.90. The molecule has 4 N–H and O–H groups in total. The number of fused-ring (bicyclic) bond motifs is 1. The number of hydrogen-bond donors (Lipinski definition) is 3. The van der Waals surface area contributed by atoms with Crippen LogP contribution in [0.4, 0.5) is 10.2 Å². The first-order valence-corrected chi connectivity index (χ1v) is 7.83. The SMILES string of the molecule is C#C.NCCc1[nH]c2nc(Br)nc(NCC3=CC=CC3)c2c1F. The summed E-state index contributed by atoms with van der Waals surface area (Å²) in [5.41, 5.74) is 7.66. The fourth-order valence-corrected chi connectivity index (χ4v) is 2.70. The van der Waals surface area contributed by atoms with Gasteiger partial charge in [0.15, 0.2) is 5.82 Å². The number of aromatic nitrogens is 3. The van der Waals surface area contributed by atoms with Gasteiger partial charge < -0.3 is 16.0 Å². The molecule has 0 atom stereocenters. The zero-order valence-electron chi connectivity index (χ0n) is 12.4. The van der Waals surface area contributed by atoms with Gasteiger partial charge in [-0.1, -0.05) is 18.2 Å². The monoisotopic (exact) mass is 377 g/mol. The number of aromatic amines is 1. The average Bonchev–Trinajstić information content (AvgIpc) is 3.16. The van der Waals surface area contributed by atoms with E-state index in [0.29, 0.717) is 46.8 Å². The number of H-pyrrole nitrogens is 1. The molecule has 1 aliphatic rings. The molecule has 0 fully saturated rings. The molecule has 3 rings (SSSR count). The van der Waals surface area contributed by atoms with E-state index in [-0.39, 0.29) is 5.82 Å². The molecular formula is C16H17BrFN5. The van der Waals surface area contributed by atoms with Crippen LogP contribution in [-0.2, 0) is 6.42 Å². The number of nitrogens with zero attached hydrogens (tertiary/aromatic N) is 2. The quantitative estimate of drug-likeness (QED) is 0.552. The number of nitrogens with two attached hydrogens (primary N) is 1. The van der Waals surface area contributed by atoms with Gasteiger partial charge >= 0.3 is 0 Å². The minimum absolute atomic E-state index is 0.330. The van der Waals surface area contributed by atoms with Crippen molar-refractivity contribution in [2.75, 3.05) is 18.4 Å². The number of hydrogen-bond acceptors (Lipinski definition) is 4. The van der Waals surface area contributed by atoms with E-state index < -0.39 is 0 Å². The lowest BCUT2D eigenvalue weighted by Crippen LogP contribution is -2.07. The molecule has 23 heavy (non-hydrogen) atoms. The number of terminal acetylenes is 1. The van der Waals surface area contributed by atoms with Gasteiger partial charge in [0.25, 0.3) is 0 Å². The molecule has 0 radical (unpaired) electrons. The first-order chi connectivity index (χ1) is 11.2. The molecule has 2 heterocycles. The third kappa shape index (κ3) is 3.78. The fraction of sp³-hybridized carbons (Fsp3) is 0.250. The second-order valence-electron chi connectivity index (χ2n) is 4.83. The van der Waals surface area contributed by atoms with Crippen LogP contribution in [0.3, 0.4) is 0 Å². The van der Waals surface area contributed by atoms with Crippen LogP contribution in [0.1, 0.15) is 12.1 Å². The first kappa shape index (κ1) is 17.2. The van der Waals surface area contributed by atoms with E-state index in [0.717, 1.165) is 6.42 Å². The molecule has 0 saturated heterocycles. The Labute approximate surface area is 142 Å². The van der Waals surface area contributed by atoms with E-state index in [2.05, 4.69) is 55.1 Å².